The lowest BCUT2D eigenvalue weighted by atomic mass is 9.67. The van der Waals surface area contributed by atoms with Gasteiger partial charge in [-0.3, -0.25) is 18.7 Å². The van der Waals surface area contributed by atoms with E-state index in [4.69, 9.17) is 0 Å². The summed E-state index contributed by atoms with van der Waals surface area (Å²) in [7, 11) is 0. The summed E-state index contributed by atoms with van der Waals surface area (Å²) in [6.45, 7) is 4.50. The van der Waals surface area contributed by atoms with Gasteiger partial charge in [0, 0.05) is 48.1 Å². The first-order valence-electron chi connectivity index (χ1n) is 18.8. The Morgan fingerprint density at radius 2 is 1.15 bits per heavy atom. The zero-order valence-electron chi connectivity index (χ0n) is 30.3. The molecule has 5 aromatic heterocycles. The number of nitrogens with zero attached hydrogens (tertiary/aromatic N) is 6. The number of nitriles is 4. The van der Waals surface area contributed by atoms with Gasteiger partial charge in [0.15, 0.2) is 11.1 Å². The molecule has 8 nitrogen and oxygen atoms in total. The van der Waals surface area contributed by atoms with Crippen molar-refractivity contribution in [1.29, 1.82) is 21.0 Å². The average molecular weight is 815 g/mol. The number of fused-ring (bicyclic) bond motifs is 10. The van der Waals surface area contributed by atoms with Crippen LogP contribution in [0.2, 0.25) is 0 Å². The van der Waals surface area contributed by atoms with Gasteiger partial charge in [-0.25, -0.2) is 0 Å². The van der Waals surface area contributed by atoms with Crippen LogP contribution >= 0.6 is 56.7 Å². The normalized spacial score (nSPS) is 18.3. The van der Waals surface area contributed by atoms with Crippen molar-refractivity contribution in [2.24, 2.45) is 0 Å². The molecule has 9 rings (SSSR count). The third-order valence-corrected chi connectivity index (χ3v) is 17.8. The van der Waals surface area contributed by atoms with E-state index in [2.05, 4.69) is 12.1 Å². The molecule has 0 saturated heterocycles. The van der Waals surface area contributed by atoms with E-state index in [0.29, 0.717) is 31.5 Å². The topological polar surface area (TPSA) is 139 Å². The van der Waals surface area contributed by atoms with Crippen molar-refractivity contribution in [1.82, 2.24) is 9.13 Å². The zero-order chi connectivity index (χ0) is 38.2. The number of hydrogen-bond acceptors (Lipinski definition) is 11. The van der Waals surface area contributed by atoms with Crippen LogP contribution in [0.4, 0.5) is 0 Å². The third-order valence-electron chi connectivity index (χ3n) is 12.1. The van der Waals surface area contributed by atoms with Crippen molar-refractivity contribution in [2.75, 3.05) is 0 Å². The van der Waals surface area contributed by atoms with Crippen molar-refractivity contribution in [3.05, 3.63) is 81.9 Å². The van der Waals surface area contributed by atoms with Gasteiger partial charge >= 0.3 is 0 Å². The van der Waals surface area contributed by atoms with E-state index in [-0.39, 0.29) is 33.1 Å². The summed E-state index contributed by atoms with van der Waals surface area (Å²) in [5.74, 6) is 0. The molecule has 0 N–H and O–H groups in total. The molecule has 0 aromatic carbocycles. The first kappa shape index (κ1) is 36.1. The molecular weight excluding hydrogens is 781 g/mol. The van der Waals surface area contributed by atoms with Crippen molar-refractivity contribution in [2.45, 2.75) is 102 Å². The molecule has 4 aliphatic carbocycles. The fourth-order valence-electron chi connectivity index (χ4n) is 9.83. The van der Waals surface area contributed by atoms with Crippen LogP contribution < -0.4 is 29.5 Å². The molecule has 4 aliphatic rings. The Balaban J connectivity index is 1.24. The molecule has 55 heavy (non-hydrogen) atoms. The first-order valence-corrected chi connectivity index (χ1v) is 22.8. The van der Waals surface area contributed by atoms with Crippen LogP contribution in [0.25, 0.3) is 43.8 Å². The molecule has 274 valence electrons. The fraction of sp³-hybridized carbons (Fsp3) is 0.381. The van der Waals surface area contributed by atoms with Gasteiger partial charge in [-0.2, -0.15) is 21.0 Å². The second-order valence-corrected chi connectivity index (χ2v) is 20.0. The summed E-state index contributed by atoms with van der Waals surface area (Å²) in [5, 5.41) is 38.3. The van der Waals surface area contributed by atoms with E-state index in [9.17, 15) is 30.6 Å². The number of aromatic nitrogens is 2. The highest BCUT2D eigenvalue weighted by molar-refractivity contribution is 7.29. The molecule has 2 fully saturated rings. The van der Waals surface area contributed by atoms with E-state index in [1.54, 1.807) is 28.2 Å². The number of hydrogen-bond donors (Lipinski definition) is 0. The maximum Gasteiger partial charge on any atom is 0.269 e. The molecule has 2 saturated carbocycles. The van der Waals surface area contributed by atoms with Gasteiger partial charge in [0.2, 0.25) is 0 Å². The van der Waals surface area contributed by atoms with E-state index in [0.717, 1.165) is 35.4 Å². The van der Waals surface area contributed by atoms with Gasteiger partial charge in [0.25, 0.3) is 11.1 Å². The molecule has 0 unspecified atom stereocenters. The largest absolute Gasteiger partial charge is 0.298 e. The standard InChI is InChI=1S/C42H34N6O2S5/c1-3-47-37(49)29(54-39(47)23(19-43)20-44)17-25-15-27-34(51-25)31-32(41(27)11-7-5-8-12-41)36-33(42(31)13-9-6-10-14-42)35-28(53-36)16-26(52-35)18-30-38(50)48(4-2)40(55-30)24(21-45)22-46/h15-18H,3-14H2,1-2H3/b29-17-,30-18-. The molecule has 13 heteroatoms. The van der Waals surface area contributed by atoms with Crippen molar-refractivity contribution >= 4 is 101 Å². The summed E-state index contributed by atoms with van der Waals surface area (Å²) < 4.78 is 7.55. The van der Waals surface area contributed by atoms with Gasteiger partial charge in [-0.05, 0) is 86.1 Å². The van der Waals surface area contributed by atoms with Crippen LogP contribution in [0.1, 0.15) is 109 Å². The second-order valence-electron chi connectivity index (χ2n) is 14.7. The Hall–Kier alpha value is -4.60. The quantitative estimate of drug-likeness (QED) is 0.193. The third kappa shape index (κ3) is 5.11. The maximum absolute atomic E-state index is 13.6. The van der Waals surface area contributed by atoms with Crippen LogP contribution in [-0.2, 0) is 23.9 Å². The molecular formula is C42H34N6O2S5. The molecule has 0 amide bonds. The Morgan fingerprint density at radius 1 is 0.655 bits per heavy atom. The highest BCUT2D eigenvalue weighted by Crippen LogP contribution is 2.72. The SMILES string of the molecule is CCn1c(=C(C#N)C#N)s/c(=C\c2cc3c(s2)C2=C(c4sc5cc(/C=c6\sc(=C(C#N)C#N)n(CC)c6=O)sc5c4C24CCCCC4)C32CCCCC2)c1=O. The summed E-state index contributed by atoms with van der Waals surface area (Å²) in [5.41, 5.74) is 5.45. The minimum Gasteiger partial charge on any atom is -0.298 e. The Morgan fingerprint density at radius 3 is 1.65 bits per heavy atom. The van der Waals surface area contributed by atoms with Gasteiger partial charge < -0.3 is 0 Å². The Kier molecular flexibility index (Phi) is 8.89. The summed E-state index contributed by atoms with van der Waals surface area (Å²) in [6.07, 6.45) is 15.5. The van der Waals surface area contributed by atoms with Crippen LogP contribution in [0, 0.1) is 45.3 Å². The summed E-state index contributed by atoms with van der Waals surface area (Å²) in [4.78, 5) is 31.9. The lowest BCUT2D eigenvalue weighted by Crippen LogP contribution is -2.31. The Labute approximate surface area is 336 Å². The van der Waals surface area contributed by atoms with Gasteiger partial charge in [-0.1, -0.05) is 38.5 Å². The predicted molar refractivity (Wildman–Crippen MR) is 224 cm³/mol. The van der Waals surface area contributed by atoms with Crippen molar-refractivity contribution < 1.29 is 0 Å². The van der Waals surface area contributed by atoms with Crippen LogP contribution in [-0.4, -0.2) is 9.13 Å². The number of rotatable bonds is 4. The number of allylic oxidation sites excluding steroid dienone is 2. The van der Waals surface area contributed by atoms with Crippen LogP contribution in [0.3, 0.4) is 0 Å². The molecule has 5 heterocycles. The fourth-order valence-corrected chi connectivity index (χ4v) is 16.5. The number of thiophene rings is 3. The Bertz CT molecular complexity index is 3040. The average Bonchev–Trinajstić information content (AvgIpc) is 4.05. The molecule has 0 aliphatic heterocycles. The van der Waals surface area contributed by atoms with Crippen LogP contribution in [0.15, 0.2) is 21.7 Å². The predicted octanol–water partition coefficient (Wildman–Crippen LogP) is 6.91. The van der Waals surface area contributed by atoms with E-state index in [1.165, 1.54) is 106 Å². The second kappa shape index (κ2) is 13.6. The highest BCUT2D eigenvalue weighted by Gasteiger charge is 2.59. The van der Waals surface area contributed by atoms with Crippen molar-refractivity contribution in [3.63, 3.8) is 0 Å². The van der Waals surface area contributed by atoms with Gasteiger partial charge in [0.05, 0.1) is 13.8 Å². The zero-order valence-corrected chi connectivity index (χ0v) is 34.4. The monoisotopic (exact) mass is 814 g/mol. The first-order chi connectivity index (χ1) is 26.8. The van der Waals surface area contributed by atoms with E-state index >= 15 is 0 Å². The molecule has 0 radical (unpaired) electrons. The van der Waals surface area contributed by atoms with Crippen molar-refractivity contribution in [3.8, 4) is 24.3 Å². The highest BCUT2D eigenvalue weighted by atomic mass is 32.1. The lowest BCUT2D eigenvalue weighted by Gasteiger charge is -2.37. The van der Waals surface area contributed by atoms with Gasteiger partial charge in [-0.15, -0.1) is 56.7 Å². The van der Waals surface area contributed by atoms with Gasteiger partial charge in [0.1, 0.15) is 33.6 Å². The number of thiazole rings is 2. The summed E-state index contributed by atoms with van der Waals surface area (Å²) in [6, 6.07) is 12.5. The lowest BCUT2D eigenvalue weighted by molar-refractivity contribution is 0.373. The summed E-state index contributed by atoms with van der Waals surface area (Å²) >= 11 is 7.93. The minimum absolute atomic E-state index is 0.0333. The van der Waals surface area contributed by atoms with Crippen LogP contribution in [0.5, 0.6) is 0 Å². The molecule has 5 aromatic rings. The minimum atomic E-state index is -0.171. The smallest absolute Gasteiger partial charge is 0.269 e. The molecule has 2 spiro atoms. The van der Waals surface area contributed by atoms with E-state index < -0.39 is 0 Å². The molecule has 0 bridgehead atoms. The van der Waals surface area contributed by atoms with E-state index in [1.807, 2.05) is 61.6 Å². The molecule has 0 atom stereocenters. The maximum atomic E-state index is 13.6.